The first-order valence-corrected chi connectivity index (χ1v) is 4.25. The Hall–Kier alpha value is -1.43. The number of halogens is 1. The van der Waals surface area contributed by atoms with Crippen molar-refractivity contribution in [3.63, 3.8) is 0 Å². The van der Waals surface area contributed by atoms with Crippen LogP contribution in [0.1, 0.15) is 0 Å². The van der Waals surface area contributed by atoms with E-state index >= 15 is 0 Å². The second-order valence-electron chi connectivity index (χ2n) is 2.42. The van der Waals surface area contributed by atoms with Crippen molar-refractivity contribution >= 4 is 27.4 Å². The monoisotopic (exact) mass is 241 g/mol. The third-order valence-electron chi connectivity index (χ3n) is 1.66. The maximum absolute atomic E-state index is 10.5. The molecule has 0 saturated heterocycles. The molecule has 0 atom stereocenters. The van der Waals surface area contributed by atoms with Crippen LogP contribution in [0.3, 0.4) is 0 Å². The standard InChI is InChI=1S/C7H4BrN3O2/c8-5-2-1-3-10-6(11(12)13)4-9-7(5)10/h1-4H. The van der Waals surface area contributed by atoms with Crippen molar-refractivity contribution in [2.75, 3.05) is 0 Å². The largest absolute Gasteiger partial charge is 0.358 e. The lowest BCUT2D eigenvalue weighted by Gasteiger charge is -1.92. The van der Waals surface area contributed by atoms with Crippen LogP contribution in [0.4, 0.5) is 5.82 Å². The summed E-state index contributed by atoms with van der Waals surface area (Å²) in [6.07, 6.45) is 2.84. The van der Waals surface area contributed by atoms with Gasteiger partial charge in [-0.25, -0.2) is 4.98 Å². The summed E-state index contributed by atoms with van der Waals surface area (Å²) in [5.74, 6) is -0.0312. The Morgan fingerprint density at radius 3 is 3.08 bits per heavy atom. The molecule has 2 aromatic rings. The topological polar surface area (TPSA) is 60.4 Å². The second kappa shape index (κ2) is 2.81. The smallest absolute Gasteiger partial charge is 0.347 e. The zero-order valence-corrected chi connectivity index (χ0v) is 7.93. The molecule has 0 aliphatic rings. The highest BCUT2D eigenvalue weighted by atomic mass is 79.9. The van der Waals surface area contributed by atoms with Gasteiger partial charge in [-0.3, -0.25) is 0 Å². The highest BCUT2D eigenvalue weighted by molar-refractivity contribution is 9.10. The maximum Gasteiger partial charge on any atom is 0.347 e. The van der Waals surface area contributed by atoms with Crippen LogP contribution in [0, 0.1) is 10.1 Å². The van der Waals surface area contributed by atoms with Gasteiger partial charge in [0.05, 0.1) is 10.7 Å². The highest BCUT2D eigenvalue weighted by Gasteiger charge is 2.14. The van der Waals surface area contributed by atoms with E-state index in [1.54, 1.807) is 18.3 Å². The molecule has 0 fully saturated rings. The predicted molar refractivity (Wildman–Crippen MR) is 49.5 cm³/mol. The van der Waals surface area contributed by atoms with Gasteiger partial charge in [-0.2, -0.15) is 4.40 Å². The number of pyridine rings is 1. The molecule has 6 heteroatoms. The molecule has 0 spiro atoms. The number of imidazole rings is 1. The summed E-state index contributed by atoms with van der Waals surface area (Å²) < 4.78 is 2.16. The van der Waals surface area contributed by atoms with Gasteiger partial charge in [-0.05, 0) is 33.0 Å². The highest BCUT2D eigenvalue weighted by Crippen LogP contribution is 2.20. The molecule has 2 aromatic heterocycles. The summed E-state index contributed by atoms with van der Waals surface area (Å²) in [4.78, 5) is 14.0. The summed E-state index contributed by atoms with van der Waals surface area (Å²) in [5.41, 5.74) is 0.550. The van der Waals surface area contributed by atoms with E-state index in [2.05, 4.69) is 20.9 Å². The molecule has 0 saturated carbocycles. The van der Waals surface area contributed by atoms with Crippen LogP contribution < -0.4 is 0 Å². The first-order chi connectivity index (χ1) is 6.20. The zero-order chi connectivity index (χ0) is 9.42. The van der Waals surface area contributed by atoms with Crippen LogP contribution in [0.5, 0.6) is 0 Å². The van der Waals surface area contributed by atoms with E-state index in [0.717, 1.165) is 4.47 Å². The Morgan fingerprint density at radius 2 is 2.38 bits per heavy atom. The van der Waals surface area contributed by atoms with Crippen molar-refractivity contribution in [1.29, 1.82) is 0 Å². The molecule has 0 aliphatic carbocycles. The normalized spacial score (nSPS) is 10.5. The third kappa shape index (κ3) is 1.19. The summed E-state index contributed by atoms with van der Waals surface area (Å²) in [7, 11) is 0. The van der Waals surface area contributed by atoms with Crippen molar-refractivity contribution in [1.82, 2.24) is 9.38 Å². The van der Waals surface area contributed by atoms with Gasteiger partial charge < -0.3 is 10.1 Å². The lowest BCUT2D eigenvalue weighted by Crippen LogP contribution is -1.93. The Bertz CT molecular complexity index is 480. The fourth-order valence-corrected chi connectivity index (χ4v) is 1.54. The first kappa shape index (κ1) is 8.18. The van der Waals surface area contributed by atoms with Gasteiger partial charge in [0.1, 0.15) is 6.20 Å². The minimum absolute atomic E-state index is 0.0312. The van der Waals surface area contributed by atoms with Crippen LogP contribution in [-0.4, -0.2) is 14.3 Å². The molecule has 5 nitrogen and oxygen atoms in total. The van der Waals surface area contributed by atoms with Gasteiger partial charge in [-0.1, -0.05) is 0 Å². The van der Waals surface area contributed by atoms with Gasteiger partial charge in [0.25, 0.3) is 0 Å². The lowest BCUT2D eigenvalue weighted by molar-refractivity contribution is -0.390. The van der Waals surface area contributed by atoms with Gasteiger partial charge in [0.15, 0.2) is 0 Å². The number of fused-ring (bicyclic) bond motifs is 1. The van der Waals surface area contributed by atoms with Gasteiger partial charge in [0, 0.05) is 0 Å². The quantitative estimate of drug-likeness (QED) is 0.567. The predicted octanol–water partition coefficient (Wildman–Crippen LogP) is 2.00. The van der Waals surface area contributed by atoms with E-state index in [1.807, 2.05) is 0 Å². The summed E-state index contributed by atoms with van der Waals surface area (Å²) in [6.45, 7) is 0. The molecule has 0 bridgehead atoms. The molecule has 2 heterocycles. The molecule has 0 N–H and O–H groups in total. The third-order valence-corrected chi connectivity index (χ3v) is 2.27. The number of hydrogen-bond donors (Lipinski definition) is 0. The minimum atomic E-state index is -0.466. The van der Waals surface area contributed by atoms with E-state index in [4.69, 9.17) is 0 Å². The summed E-state index contributed by atoms with van der Waals surface area (Å²) in [5, 5.41) is 10.5. The number of aromatic nitrogens is 2. The van der Waals surface area contributed by atoms with Gasteiger partial charge in [-0.15, -0.1) is 0 Å². The van der Waals surface area contributed by atoms with Gasteiger partial charge in [0.2, 0.25) is 5.65 Å². The Kier molecular flexibility index (Phi) is 1.77. The minimum Gasteiger partial charge on any atom is -0.358 e. The van der Waals surface area contributed by atoms with E-state index in [-0.39, 0.29) is 5.82 Å². The lowest BCUT2D eigenvalue weighted by atomic mass is 10.5. The van der Waals surface area contributed by atoms with E-state index < -0.39 is 4.92 Å². The number of nitrogens with zero attached hydrogens (tertiary/aromatic N) is 3. The molecule has 0 aromatic carbocycles. The molecule has 0 aliphatic heterocycles. The number of hydrogen-bond acceptors (Lipinski definition) is 3. The van der Waals surface area contributed by atoms with E-state index in [1.165, 1.54) is 10.6 Å². The van der Waals surface area contributed by atoms with Crippen LogP contribution in [0.15, 0.2) is 29.0 Å². The summed E-state index contributed by atoms with van der Waals surface area (Å²) >= 11 is 3.25. The number of rotatable bonds is 1. The molecule has 0 radical (unpaired) electrons. The average Bonchev–Trinajstić information content (AvgIpc) is 2.48. The van der Waals surface area contributed by atoms with Crippen LogP contribution in [0.2, 0.25) is 0 Å². The Morgan fingerprint density at radius 1 is 1.62 bits per heavy atom. The molecule has 13 heavy (non-hydrogen) atoms. The molecular formula is C7H4BrN3O2. The van der Waals surface area contributed by atoms with Gasteiger partial charge >= 0.3 is 5.82 Å². The van der Waals surface area contributed by atoms with Crippen molar-refractivity contribution in [3.05, 3.63) is 39.1 Å². The zero-order valence-electron chi connectivity index (χ0n) is 6.35. The Balaban J connectivity index is 2.83. The van der Waals surface area contributed by atoms with Crippen molar-refractivity contribution < 1.29 is 4.92 Å². The molecule has 2 rings (SSSR count). The fraction of sp³-hybridized carbons (Fsp3) is 0. The first-order valence-electron chi connectivity index (χ1n) is 3.46. The summed E-state index contributed by atoms with van der Waals surface area (Å²) in [6, 6.07) is 3.50. The molecule has 0 amide bonds. The average molecular weight is 242 g/mol. The van der Waals surface area contributed by atoms with Crippen LogP contribution in [0.25, 0.3) is 5.65 Å². The fourth-order valence-electron chi connectivity index (χ4n) is 1.10. The van der Waals surface area contributed by atoms with Crippen LogP contribution in [-0.2, 0) is 0 Å². The van der Waals surface area contributed by atoms with E-state index in [0.29, 0.717) is 5.65 Å². The SMILES string of the molecule is O=[N+]([O-])c1cnc2c(Br)cccn12. The number of nitro groups is 1. The Labute approximate surface area is 81.3 Å². The second-order valence-corrected chi connectivity index (χ2v) is 3.28. The van der Waals surface area contributed by atoms with Crippen molar-refractivity contribution in [2.45, 2.75) is 0 Å². The van der Waals surface area contributed by atoms with Crippen molar-refractivity contribution in [2.24, 2.45) is 0 Å². The van der Waals surface area contributed by atoms with Crippen molar-refractivity contribution in [3.8, 4) is 0 Å². The molecule has 0 unspecified atom stereocenters. The molecule has 66 valence electrons. The molecular weight excluding hydrogens is 238 g/mol. The maximum atomic E-state index is 10.5. The van der Waals surface area contributed by atoms with Crippen LogP contribution >= 0.6 is 15.9 Å². The van der Waals surface area contributed by atoms with E-state index in [9.17, 15) is 10.1 Å².